The van der Waals surface area contributed by atoms with Crippen LogP contribution in [0.3, 0.4) is 0 Å². The minimum atomic E-state index is -0.255. The van der Waals surface area contributed by atoms with Gasteiger partial charge >= 0.3 is 0 Å². The van der Waals surface area contributed by atoms with E-state index >= 15 is 0 Å². The van der Waals surface area contributed by atoms with Gasteiger partial charge in [-0.15, -0.1) is 0 Å². The Morgan fingerprint density at radius 2 is 1.69 bits per heavy atom. The van der Waals surface area contributed by atoms with Crippen LogP contribution in [-0.4, -0.2) is 49.0 Å². The maximum Gasteiger partial charge on any atom is 0.251 e. The second-order valence-electron chi connectivity index (χ2n) is 5.65. The lowest BCUT2D eigenvalue weighted by Crippen LogP contribution is -2.37. The van der Waals surface area contributed by atoms with E-state index in [1.54, 1.807) is 35.5 Å². The van der Waals surface area contributed by atoms with Gasteiger partial charge in [0.1, 0.15) is 11.5 Å². The molecule has 26 heavy (non-hydrogen) atoms. The van der Waals surface area contributed by atoms with Crippen LogP contribution >= 0.6 is 0 Å². The van der Waals surface area contributed by atoms with Gasteiger partial charge in [-0.1, -0.05) is 0 Å². The van der Waals surface area contributed by atoms with Crippen molar-refractivity contribution in [2.45, 2.75) is 13.5 Å². The molecule has 0 saturated carbocycles. The molecule has 0 saturated heterocycles. The fraction of sp³-hybridized carbons (Fsp3) is 0.316. The topological polar surface area (TPSA) is 80.8 Å². The molecule has 2 amide bonds. The molecule has 0 aliphatic carbocycles. The number of carbonyl (C=O) groups is 2. The Labute approximate surface area is 152 Å². The molecule has 0 aliphatic rings. The molecule has 138 valence electrons. The van der Waals surface area contributed by atoms with Crippen LogP contribution in [0, 0.1) is 0 Å². The molecule has 2 aromatic rings. The third-order valence-corrected chi connectivity index (χ3v) is 3.85. The number of nitrogens with one attached hydrogen (secondary N) is 1. The van der Waals surface area contributed by atoms with Crippen molar-refractivity contribution in [1.29, 1.82) is 0 Å². The third kappa shape index (κ3) is 5.47. The number of pyridine rings is 1. The van der Waals surface area contributed by atoms with Crippen LogP contribution in [0.4, 0.5) is 0 Å². The van der Waals surface area contributed by atoms with E-state index in [9.17, 15) is 9.59 Å². The molecule has 0 fully saturated rings. The molecule has 2 rings (SSSR count). The zero-order valence-corrected chi connectivity index (χ0v) is 15.2. The Morgan fingerprint density at radius 1 is 1.08 bits per heavy atom. The lowest BCUT2D eigenvalue weighted by molar-refractivity contribution is -0.129. The van der Waals surface area contributed by atoms with Gasteiger partial charge in [-0.25, -0.2) is 0 Å². The maximum absolute atomic E-state index is 12.4. The number of benzene rings is 1. The largest absolute Gasteiger partial charge is 0.497 e. The monoisotopic (exact) mass is 357 g/mol. The number of amides is 2. The average Bonchev–Trinajstić information content (AvgIpc) is 2.67. The molecule has 7 heteroatoms. The van der Waals surface area contributed by atoms with Crippen LogP contribution in [0.25, 0.3) is 0 Å². The van der Waals surface area contributed by atoms with Crippen LogP contribution in [0.1, 0.15) is 22.8 Å². The number of nitrogens with zero attached hydrogens (tertiary/aromatic N) is 2. The second kappa shape index (κ2) is 9.41. The van der Waals surface area contributed by atoms with Crippen molar-refractivity contribution in [3.63, 3.8) is 0 Å². The number of hydrogen-bond acceptors (Lipinski definition) is 5. The predicted octanol–water partition coefficient (Wildman–Crippen LogP) is 1.88. The molecular weight excluding hydrogens is 334 g/mol. The molecule has 0 spiro atoms. The van der Waals surface area contributed by atoms with E-state index in [-0.39, 0.29) is 11.8 Å². The predicted molar refractivity (Wildman–Crippen MR) is 97.2 cm³/mol. The van der Waals surface area contributed by atoms with Crippen LogP contribution in [0.5, 0.6) is 11.5 Å². The molecule has 1 aromatic carbocycles. The van der Waals surface area contributed by atoms with Crippen molar-refractivity contribution in [3.05, 3.63) is 53.9 Å². The Bertz CT molecular complexity index is 727. The first-order chi connectivity index (χ1) is 12.5. The lowest BCUT2D eigenvalue weighted by Gasteiger charge is -2.21. The second-order valence-corrected chi connectivity index (χ2v) is 5.65. The first kappa shape index (κ1) is 19.2. The van der Waals surface area contributed by atoms with E-state index in [0.29, 0.717) is 36.7 Å². The van der Waals surface area contributed by atoms with Crippen molar-refractivity contribution >= 4 is 11.8 Å². The highest BCUT2D eigenvalue weighted by Gasteiger charge is 2.12. The molecule has 0 unspecified atom stereocenters. The summed E-state index contributed by atoms with van der Waals surface area (Å²) in [5.74, 6) is 0.767. The van der Waals surface area contributed by atoms with Gasteiger partial charge in [0, 0.05) is 50.6 Å². The summed E-state index contributed by atoms with van der Waals surface area (Å²) >= 11 is 0. The molecular formula is C19H23N3O4. The van der Waals surface area contributed by atoms with Gasteiger partial charge in [-0.3, -0.25) is 14.6 Å². The lowest BCUT2D eigenvalue weighted by atomic mass is 10.2. The van der Waals surface area contributed by atoms with Crippen molar-refractivity contribution in [1.82, 2.24) is 15.2 Å². The average molecular weight is 357 g/mol. The summed E-state index contributed by atoms with van der Waals surface area (Å²) in [5.41, 5.74) is 1.42. The number of hydrogen-bond donors (Lipinski definition) is 1. The van der Waals surface area contributed by atoms with Crippen molar-refractivity contribution in [2.24, 2.45) is 0 Å². The summed E-state index contributed by atoms with van der Waals surface area (Å²) < 4.78 is 10.3. The minimum Gasteiger partial charge on any atom is -0.497 e. The summed E-state index contributed by atoms with van der Waals surface area (Å²) in [6.07, 6.45) is 3.37. The minimum absolute atomic E-state index is 0.0564. The zero-order valence-electron chi connectivity index (χ0n) is 15.2. The van der Waals surface area contributed by atoms with E-state index in [1.807, 2.05) is 12.1 Å². The van der Waals surface area contributed by atoms with Crippen molar-refractivity contribution < 1.29 is 19.1 Å². The van der Waals surface area contributed by atoms with E-state index < -0.39 is 0 Å². The summed E-state index contributed by atoms with van der Waals surface area (Å²) in [7, 11) is 3.06. The van der Waals surface area contributed by atoms with Gasteiger partial charge in [0.05, 0.1) is 14.2 Å². The Hall–Kier alpha value is -3.09. The summed E-state index contributed by atoms with van der Waals surface area (Å²) in [4.78, 5) is 29.8. The van der Waals surface area contributed by atoms with E-state index in [2.05, 4.69) is 10.3 Å². The third-order valence-electron chi connectivity index (χ3n) is 3.85. The number of ether oxygens (including phenoxy) is 2. The highest BCUT2D eigenvalue weighted by Crippen LogP contribution is 2.22. The van der Waals surface area contributed by atoms with E-state index in [0.717, 1.165) is 5.56 Å². The maximum atomic E-state index is 12.4. The number of aromatic nitrogens is 1. The Balaban J connectivity index is 1.94. The molecule has 1 aromatic heterocycles. The number of carbonyl (C=O) groups excluding carboxylic acids is 2. The van der Waals surface area contributed by atoms with Crippen LogP contribution < -0.4 is 14.8 Å². The highest BCUT2D eigenvalue weighted by molar-refractivity contribution is 5.95. The quantitative estimate of drug-likeness (QED) is 0.780. The van der Waals surface area contributed by atoms with Gasteiger partial charge in [-0.05, 0) is 29.8 Å². The first-order valence-electron chi connectivity index (χ1n) is 8.19. The number of methoxy groups -OCH3 is 2. The van der Waals surface area contributed by atoms with E-state index in [4.69, 9.17) is 9.47 Å². The van der Waals surface area contributed by atoms with Gasteiger partial charge in [0.25, 0.3) is 5.91 Å². The molecule has 1 heterocycles. The van der Waals surface area contributed by atoms with Gasteiger partial charge in [-0.2, -0.15) is 0 Å². The van der Waals surface area contributed by atoms with Crippen LogP contribution in [0.2, 0.25) is 0 Å². The smallest absolute Gasteiger partial charge is 0.251 e. The standard InChI is InChI=1S/C19H23N3O4/c1-14(23)22(13-15-4-6-20-7-5-15)9-8-21-19(24)16-10-17(25-2)12-18(11-16)26-3/h4-7,10-12H,8-9,13H2,1-3H3,(H,21,24). The Kier molecular flexibility index (Phi) is 6.96. The fourth-order valence-electron chi connectivity index (χ4n) is 2.40. The fourth-order valence-corrected chi connectivity index (χ4v) is 2.40. The van der Waals surface area contributed by atoms with Crippen LogP contribution in [0.15, 0.2) is 42.7 Å². The van der Waals surface area contributed by atoms with Gasteiger partial charge in [0.15, 0.2) is 0 Å². The van der Waals surface area contributed by atoms with Gasteiger partial charge in [0.2, 0.25) is 5.91 Å². The SMILES string of the molecule is COc1cc(OC)cc(C(=O)NCCN(Cc2ccncc2)C(C)=O)c1. The van der Waals surface area contributed by atoms with E-state index in [1.165, 1.54) is 21.1 Å². The molecule has 0 radical (unpaired) electrons. The summed E-state index contributed by atoms with van der Waals surface area (Å²) in [5, 5.41) is 2.82. The van der Waals surface area contributed by atoms with Crippen molar-refractivity contribution in [3.8, 4) is 11.5 Å². The molecule has 0 atom stereocenters. The molecule has 1 N–H and O–H groups in total. The summed E-state index contributed by atoms with van der Waals surface area (Å²) in [6, 6.07) is 8.69. The number of rotatable bonds is 8. The first-order valence-corrected chi connectivity index (χ1v) is 8.19. The van der Waals surface area contributed by atoms with Crippen LogP contribution in [-0.2, 0) is 11.3 Å². The molecule has 0 bridgehead atoms. The van der Waals surface area contributed by atoms with Gasteiger partial charge < -0.3 is 19.7 Å². The molecule has 0 aliphatic heterocycles. The highest BCUT2D eigenvalue weighted by atomic mass is 16.5. The summed E-state index contributed by atoms with van der Waals surface area (Å²) in [6.45, 7) is 2.73. The Morgan fingerprint density at radius 3 is 2.23 bits per heavy atom. The van der Waals surface area contributed by atoms with Crippen molar-refractivity contribution in [2.75, 3.05) is 27.3 Å². The molecule has 7 nitrogen and oxygen atoms in total. The zero-order chi connectivity index (χ0) is 18.9. The normalized spacial score (nSPS) is 10.1.